The lowest BCUT2D eigenvalue weighted by Crippen LogP contribution is -2.29. The molecule has 0 atom stereocenters. The Morgan fingerprint density at radius 3 is 2.30 bits per heavy atom. The minimum atomic E-state index is -3.86. The van der Waals surface area contributed by atoms with Gasteiger partial charge in [-0.15, -0.1) is 0 Å². The van der Waals surface area contributed by atoms with Gasteiger partial charge in [-0.1, -0.05) is 30.7 Å². The standard InChI is InChI=1S/C18H22N2O5S2/c1-3-26(22,23)12-11-19-18(21)15-5-4-6-17(13-15)27(24,25)20-16-9-7-14(2)8-10-16/h4-10,13,20H,3,11-12H2,1-2H3,(H,19,21). The molecule has 0 bridgehead atoms. The summed E-state index contributed by atoms with van der Waals surface area (Å²) in [5.74, 6) is -0.697. The van der Waals surface area contributed by atoms with Crippen LogP contribution in [0.1, 0.15) is 22.8 Å². The number of carbonyl (C=O) groups is 1. The molecule has 0 spiro atoms. The molecule has 0 aliphatic carbocycles. The van der Waals surface area contributed by atoms with Gasteiger partial charge in [-0.25, -0.2) is 16.8 Å². The summed E-state index contributed by atoms with van der Waals surface area (Å²) >= 11 is 0. The summed E-state index contributed by atoms with van der Waals surface area (Å²) in [5, 5.41) is 2.49. The van der Waals surface area contributed by atoms with E-state index in [0.29, 0.717) is 5.69 Å². The van der Waals surface area contributed by atoms with Crippen LogP contribution in [-0.2, 0) is 19.9 Å². The molecule has 2 aromatic carbocycles. The first kappa shape index (κ1) is 20.9. The Morgan fingerprint density at radius 2 is 1.67 bits per heavy atom. The van der Waals surface area contributed by atoms with Crippen molar-refractivity contribution in [3.63, 3.8) is 0 Å². The van der Waals surface area contributed by atoms with Crippen molar-refractivity contribution in [1.29, 1.82) is 0 Å². The molecule has 0 radical (unpaired) electrons. The Balaban J connectivity index is 2.11. The van der Waals surface area contributed by atoms with E-state index < -0.39 is 25.8 Å². The van der Waals surface area contributed by atoms with Gasteiger partial charge >= 0.3 is 0 Å². The van der Waals surface area contributed by atoms with Gasteiger partial charge in [0.05, 0.1) is 10.6 Å². The number of sulfone groups is 1. The SMILES string of the molecule is CCS(=O)(=O)CCNC(=O)c1cccc(S(=O)(=O)Nc2ccc(C)cc2)c1. The van der Waals surface area contributed by atoms with Gasteiger partial charge in [-0.3, -0.25) is 9.52 Å². The second kappa shape index (κ2) is 8.53. The van der Waals surface area contributed by atoms with E-state index in [2.05, 4.69) is 10.0 Å². The third-order valence-corrected chi connectivity index (χ3v) is 6.93. The van der Waals surface area contributed by atoms with Crippen LogP contribution in [-0.4, -0.2) is 40.8 Å². The van der Waals surface area contributed by atoms with E-state index in [1.54, 1.807) is 24.3 Å². The van der Waals surface area contributed by atoms with Crippen LogP contribution in [0.5, 0.6) is 0 Å². The van der Waals surface area contributed by atoms with Crippen LogP contribution in [0.3, 0.4) is 0 Å². The number of hydrogen-bond donors (Lipinski definition) is 2. The zero-order valence-corrected chi connectivity index (χ0v) is 16.7. The number of amides is 1. The van der Waals surface area contributed by atoms with Crippen molar-refractivity contribution in [2.24, 2.45) is 0 Å². The Morgan fingerprint density at radius 1 is 1.00 bits per heavy atom. The average Bonchev–Trinajstić information content (AvgIpc) is 2.63. The summed E-state index contributed by atoms with van der Waals surface area (Å²) in [6.07, 6.45) is 0. The van der Waals surface area contributed by atoms with Crippen LogP contribution in [0, 0.1) is 6.92 Å². The lowest BCUT2D eigenvalue weighted by atomic mass is 10.2. The fraction of sp³-hybridized carbons (Fsp3) is 0.278. The fourth-order valence-corrected chi connectivity index (χ4v) is 4.01. The minimum absolute atomic E-state index is 0.00127. The monoisotopic (exact) mass is 410 g/mol. The van der Waals surface area contributed by atoms with Crippen molar-refractivity contribution in [3.8, 4) is 0 Å². The summed E-state index contributed by atoms with van der Waals surface area (Å²) in [6.45, 7) is 3.40. The number of benzene rings is 2. The molecule has 27 heavy (non-hydrogen) atoms. The van der Waals surface area contributed by atoms with Gasteiger partial charge in [-0.2, -0.15) is 0 Å². The average molecular weight is 411 g/mol. The minimum Gasteiger partial charge on any atom is -0.351 e. The van der Waals surface area contributed by atoms with E-state index in [4.69, 9.17) is 0 Å². The van der Waals surface area contributed by atoms with E-state index in [1.165, 1.54) is 31.2 Å². The van der Waals surface area contributed by atoms with Gasteiger partial charge in [0, 0.05) is 23.5 Å². The Hall–Kier alpha value is -2.39. The van der Waals surface area contributed by atoms with E-state index in [9.17, 15) is 21.6 Å². The van der Waals surface area contributed by atoms with Crippen molar-refractivity contribution in [2.75, 3.05) is 22.8 Å². The van der Waals surface area contributed by atoms with Crippen LogP contribution >= 0.6 is 0 Å². The molecule has 146 valence electrons. The molecule has 2 N–H and O–H groups in total. The molecule has 0 aliphatic heterocycles. The first-order valence-corrected chi connectivity index (χ1v) is 11.6. The van der Waals surface area contributed by atoms with Crippen LogP contribution in [0.15, 0.2) is 53.4 Å². The lowest BCUT2D eigenvalue weighted by molar-refractivity contribution is 0.0956. The molecule has 2 rings (SSSR count). The number of anilines is 1. The number of carbonyl (C=O) groups excluding carboxylic acids is 1. The van der Waals surface area contributed by atoms with E-state index in [1.807, 2.05) is 6.92 Å². The van der Waals surface area contributed by atoms with Crippen molar-refractivity contribution >= 4 is 31.5 Å². The predicted octanol–water partition coefficient (Wildman–Crippen LogP) is 1.96. The summed E-state index contributed by atoms with van der Waals surface area (Å²) in [6, 6.07) is 12.4. The molecule has 0 saturated carbocycles. The van der Waals surface area contributed by atoms with E-state index in [0.717, 1.165) is 5.56 Å². The molecular formula is C18H22N2O5S2. The molecule has 0 fully saturated rings. The van der Waals surface area contributed by atoms with Gasteiger partial charge in [0.2, 0.25) is 0 Å². The zero-order valence-electron chi connectivity index (χ0n) is 15.1. The highest BCUT2D eigenvalue weighted by atomic mass is 32.2. The molecule has 0 unspecified atom stereocenters. The first-order chi connectivity index (χ1) is 12.6. The topological polar surface area (TPSA) is 109 Å². The smallest absolute Gasteiger partial charge is 0.261 e. The van der Waals surface area contributed by atoms with Crippen LogP contribution in [0.25, 0.3) is 0 Å². The molecule has 7 nitrogen and oxygen atoms in total. The number of hydrogen-bond acceptors (Lipinski definition) is 5. The van der Waals surface area contributed by atoms with Crippen LogP contribution in [0.2, 0.25) is 0 Å². The second-order valence-corrected chi connectivity index (χ2v) is 10.1. The normalized spacial score (nSPS) is 11.8. The Bertz CT molecular complexity index is 1010. The number of nitrogens with one attached hydrogen (secondary N) is 2. The predicted molar refractivity (Wildman–Crippen MR) is 105 cm³/mol. The Kier molecular flexibility index (Phi) is 6.61. The largest absolute Gasteiger partial charge is 0.351 e. The highest BCUT2D eigenvalue weighted by Gasteiger charge is 2.17. The maximum absolute atomic E-state index is 12.5. The molecule has 1 amide bonds. The first-order valence-electron chi connectivity index (χ1n) is 8.31. The summed E-state index contributed by atoms with van der Waals surface area (Å²) in [4.78, 5) is 12.1. The highest BCUT2D eigenvalue weighted by molar-refractivity contribution is 7.92. The van der Waals surface area contributed by atoms with Gasteiger partial charge in [0.15, 0.2) is 9.84 Å². The molecule has 0 aromatic heterocycles. The van der Waals surface area contributed by atoms with Gasteiger partial charge in [-0.05, 0) is 37.3 Å². The van der Waals surface area contributed by atoms with Crippen molar-refractivity contribution in [3.05, 3.63) is 59.7 Å². The Labute approximate surface area is 159 Å². The number of aryl methyl sites for hydroxylation is 1. The van der Waals surface area contributed by atoms with Gasteiger partial charge in [0.1, 0.15) is 0 Å². The molecular weight excluding hydrogens is 388 g/mol. The third-order valence-electron chi connectivity index (χ3n) is 3.85. The van der Waals surface area contributed by atoms with Crippen LogP contribution < -0.4 is 10.0 Å². The quantitative estimate of drug-likeness (QED) is 0.691. The zero-order chi connectivity index (χ0) is 20.1. The van der Waals surface area contributed by atoms with Crippen LogP contribution in [0.4, 0.5) is 5.69 Å². The van der Waals surface area contributed by atoms with E-state index >= 15 is 0 Å². The van der Waals surface area contributed by atoms with Crippen molar-refractivity contribution < 1.29 is 21.6 Å². The van der Waals surface area contributed by atoms with E-state index in [-0.39, 0.29) is 28.5 Å². The molecule has 9 heteroatoms. The summed E-state index contributed by atoms with van der Waals surface area (Å²) < 4.78 is 50.4. The lowest BCUT2D eigenvalue weighted by Gasteiger charge is -2.10. The molecule has 0 heterocycles. The highest BCUT2D eigenvalue weighted by Crippen LogP contribution is 2.17. The molecule has 0 saturated heterocycles. The molecule has 0 aliphatic rings. The second-order valence-electron chi connectivity index (χ2n) is 5.99. The number of sulfonamides is 1. The van der Waals surface area contributed by atoms with Crippen molar-refractivity contribution in [2.45, 2.75) is 18.7 Å². The maximum Gasteiger partial charge on any atom is 0.261 e. The fourth-order valence-electron chi connectivity index (χ4n) is 2.21. The van der Waals surface area contributed by atoms with Gasteiger partial charge in [0.25, 0.3) is 15.9 Å². The summed E-state index contributed by atoms with van der Waals surface area (Å²) in [7, 11) is -7.04. The number of rotatable bonds is 8. The molecule has 2 aromatic rings. The van der Waals surface area contributed by atoms with Crippen molar-refractivity contribution in [1.82, 2.24) is 5.32 Å². The third kappa shape index (κ3) is 6.07. The van der Waals surface area contributed by atoms with Gasteiger partial charge < -0.3 is 5.32 Å². The maximum atomic E-state index is 12.5. The summed E-state index contributed by atoms with van der Waals surface area (Å²) in [5.41, 5.74) is 1.55.